The van der Waals surface area contributed by atoms with Gasteiger partial charge >= 0.3 is 0 Å². The van der Waals surface area contributed by atoms with Crippen LogP contribution in [-0.4, -0.2) is 23.7 Å². The van der Waals surface area contributed by atoms with Gasteiger partial charge in [0.25, 0.3) is 5.91 Å². The fraction of sp³-hybridized carbons (Fsp3) is 0.471. The third kappa shape index (κ3) is 3.61. The molecule has 2 atom stereocenters. The van der Waals surface area contributed by atoms with E-state index in [0.29, 0.717) is 17.5 Å². The molecular weight excluding hydrogens is 250 g/mol. The number of amides is 1. The van der Waals surface area contributed by atoms with Gasteiger partial charge in [0.05, 0.1) is 0 Å². The van der Waals surface area contributed by atoms with Crippen LogP contribution in [0.4, 0.5) is 0 Å². The molecule has 0 aliphatic heterocycles. The van der Waals surface area contributed by atoms with Crippen LogP contribution in [0, 0.1) is 24.7 Å². The maximum atomic E-state index is 12.2. The van der Waals surface area contributed by atoms with E-state index in [1.807, 2.05) is 19.1 Å². The van der Waals surface area contributed by atoms with Crippen LogP contribution in [0.2, 0.25) is 0 Å². The summed E-state index contributed by atoms with van der Waals surface area (Å²) in [4.78, 5) is 12.2. The summed E-state index contributed by atoms with van der Waals surface area (Å²) in [6, 6.07) is 5.80. The lowest BCUT2D eigenvalue weighted by molar-refractivity contribution is 0.0937. The third-order valence-corrected chi connectivity index (χ3v) is 3.82. The van der Waals surface area contributed by atoms with Crippen LogP contribution in [0.25, 0.3) is 0 Å². The molecule has 1 aliphatic carbocycles. The molecule has 1 aliphatic rings. The quantitative estimate of drug-likeness (QED) is 0.811. The molecule has 1 saturated carbocycles. The van der Waals surface area contributed by atoms with Crippen molar-refractivity contribution in [2.45, 2.75) is 39.2 Å². The third-order valence-electron chi connectivity index (χ3n) is 3.82. The Morgan fingerprint density at radius 1 is 1.45 bits per heavy atom. The van der Waals surface area contributed by atoms with E-state index in [2.05, 4.69) is 24.1 Å². The number of carbonyl (C=O) groups is 1. The van der Waals surface area contributed by atoms with Crippen LogP contribution in [0.5, 0.6) is 0 Å². The molecule has 0 saturated heterocycles. The minimum atomic E-state index is -0.151. The molecule has 1 aromatic rings. The normalized spacial score (nSPS) is 21.1. The average Bonchev–Trinajstić information content (AvgIpc) is 2.82. The number of aryl methyl sites for hydroxylation is 1. The maximum absolute atomic E-state index is 12.2. The van der Waals surface area contributed by atoms with Crippen LogP contribution in [0.15, 0.2) is 18.2 Å². The topological polar surface area (TPSA) is 49.3 Å². The van der Waals surface area contributed by atoms with Gasteiger partial charge in [-0.2, -0.15) is 0 Å². The van der Waals surface area contributed by atoms with E-state index in [-0.39, 0.29) is 12.5 Å². The summed E-state index contributed by atoms with van der Waals surface area (Å²) in [6.07, 6.45) is 3.34. The average molecular weight is 271 g/mol. The molecule has 0 heterocycles. The number of aliphatic hydroxyl groups is 1. The van der Waals surface area contributed by atoms with Crippen molar-refractivity contribution in [2.24, 2.45) is 5.92 Å². The minimum Gasteiger partial charge on any atom is -0.384 e. The lowest BCUT2D eigenvalue weighted by Crippen LogP contribution is -2.32. The van der Waals surface area contributed by atoms with Gasteiger partial charge in [-0.25, -0.2) is 0 Å². The molecule has 1 amide bonds. The summed E-state index contributed by atoms with van der Waals surface area (Å²) in [6.45, 7) is 4.00. The number of hydrogen-bond acceptors (Lipinski definition) is 2. The SMILES string of the molecule is Cc1cc(C(=O)NC2CCC(C)C2)ccc1C#CCO. The lowest BCUT2D eigenvalue weighted by atomic mass is 10.0. The molecule has 106 valence electrons. The fourth-order valence-electron chi connectivity index (χ4n) is 2.69. The van der Waals surface area contributed by atoms with E-state index in [0.717, 1.165) is 24.0 Å². The summed E-state index contributed by atoms with van der Waals surface area (Å²) in [5.74, 6) is 6.20. The summed E-state index contributed by atoms with van der Waals surface area (Å²) in [5, 5.41) is 11.8. The summed E-state index contributed by atoms with van der Waals surface area (Å²) in [7, 11) is 0. The predicted octanol–water partition coefficient (Wildman–Crippen LogP) is 2.26. The van der Waals surface area contributed by atoms with Gasteiger partial charge in [0.2, 0.25) is 0 Å². The minimum absolute atomic E-state index is 0.00568. The van der Waals surface area contributed by atoms with Gasteiger partial charge in [0, 0.05) is 17.2 Å². The summed E-state index contributed by atoms with van der Waals surface area (Å²) in [5.41, 5.74) is 2.49. The molecule has 0 radical (unpaired) electrons. The van der Waals surface area contributed by atoms with Crippen molar-refractivity contribution in [2.75, 3.05) is 6.61 Å². The highest BCUT2D eigenvalue weighted by Crippen LogP contribution is 2.24. The van der Waals surface area contributed by atoms with Gasteiger partial charge in [-0.3, -0.25) is 4.79 Å². The van der Waals surface area contributed by atoms with Gasteiger partial charge < -0.3 is 10.4 Å². The molecule has 0 spiro atoms. The van der Waals surface area contributed by atoms with E-state index >= 15 is 0 Å². The van der Waals surface area contributed by atoms with Crippen molar-refractivity contribution >= 4 is 5.91 Å². The Morgan fingerprint density at radius 3 is 2.85 bits per heavy atom. The monoisotopic (exact) mass is 271 g/mol. The number of benzene rings is 1. The zero-order chi connectivity index (χ0) is 14.5. The molecule has 1 fully saturated rings. The standard InChI is InChI=1S/C17H21NO2/c1-12-5-8-16(10-12)18-17(20)15-7-6-14(4-3-9-19)13(2)11-15/h6-7,11-12,16,19H,5,8-10H2,1-2H3,(H,18,20). The molecule has 3 heteroatoms. The van der Waals surface area contributed by atoms with Gasteiger partial charge in [0.15, 0.2) is 0 Å². The van der Waals surface area contributed by atoms with Crippen molar-refractivity contribution in [3.8, 4) is 11.8 Å². The van der Waals surface area contributed by atoms with Crippen molar-refractivity contribution in [1.29, 1.82) is 0 Å². The van der Waals surface area contributed by atoms with E-state index in [1.54, 1.807) is 6.07 Å². The molecule has 2 N–H and O–H groups in total. The molecule has 0 aromatic heterocycles. The molecule has 2 rings (SSSR count). The first kappa shape index (κ1) is 14.6. The number of aliphatic hydroxyl groups excluding tert-OH is 1. The van der Waals surface area contributed by atoms with Gasteiger partial charge in [0.1, 0.15) is 6.61 Å². The van der Waals surface area contributed by atoms with Crippen LogP contribution in [0.3, 0.4) is 0 Å². The number of carbonyl (C=O) groups excluding carboxylic acids is 1. The number of rotatable bonds is 2. The lowest BCUT2D eigenvalue weighted by Gasteiger charge is -2.13. The molecule has 1 aromatic carbocycles. The highest BCUT2D eigenvalue weighted by atomic mass is 16.2. The van der Waals surface area contributed by atoms with Gasteiger partial charge in [-0.1, -0.05) is 18.8 Å². The Kier molecular flexibility index (Phi) is 4.81. The van der Waals surface area contributed by atoms with E-state index in [9.17, 15) is 4.79 Å². The Balaban J connectivity index is 2.05. The number of nitrogens with one attached hydrogen (secondary N) is 1. The van der Waals surface area contributed by atoms with Crippen LogP contribution < -0.4 is 5.32 Å². The summed E-state index contributed by atoms with van der Waals surface area (Å²) < 4.78 is 0. The fourth-order valence-corrected chi connectivity index (χ4v) is 2.69. The highest BCUT2D eigenvalue weighted by molar-refractivity contribution is 5.94. The van der Waals surface area contributed by atoms with E-state index < -0.39 is 0 Å². The van der Waals surface area contributed by atoms with Crippen LogP contribution >= 0.6 is 0 Å². The van der Waals surface area contributed by atoms with Crippen molar-refractivity contribution < 1.29 is 9.90 Å². The zero-order valence-electron chi connectivity index (χ0n) is 12.1. The van der Waals surface area contributed by atoms with E-state index in [1.165, 1.54) is 6.42 Å². The summed E-state index contributed by atoms with van der Waals surface area (Å²) >= 11 is 0. The number of hydrogen-bond donors (Lipinski definition) is 2. The molecule has 2 unspecified atom stereocenters. The van der Waals surface area contributed by atoms with Crippen LogP contribution in [0.1, 0.15) is 47.7 Å². The second-order valence-corrected chi connectivity index (χ2v) is 5.58. The maximum Gasteiger partial charge on any atom is 0.251 e. The molecule has 0 bridgehead atoms. The Bertz CT molecular complexity index is 554. The zero-order valence-corrected chi connectivity index (χ0v) is 12.1. The predicted molar refractivity (Wildman–Crippen MR) is 79.4 cm³/mol. The highest BCUT2D eigenvalue weighted by Gasteiger charge is 2.23. The Morgan fingerprint density at radius 2 is 2.25 bits per heavy atom. The Hall–Kier alpha value is -1.79. The first-order valence-electron chi connectivity index (χ1n) is 7.11. The smallest absolute Gasteiger partial charge is 0.251 e. The van der Waals surface area contributed by atoms with Gasteiger partial charge in [-0.05, 0) is 55.9 Å². The molecule has 3 nitrogen and oxygen atoms in total. The van der Waals surface area contributed by atoms with Crippen molar-refractivity contribution in [3.05, 3.63) is 34.9 Å². The second-order valence-electron chi connectivity index (χ2n) is 5.58. The van der Waals surface area contributed by atoms with Crippen LogP contribution in [-0.2, 0) is 0 Å². The molecular formula is C17H21NO2. The largest absolute Gasteiger partial charge is 0.384 e. The molecule has 20 heavy (non-hydrogen) atoms. The van der Waals surface area contributed by atoms with Gasteiger partial charge in [-0.15, -0.1) is 0 Å². The van der Waals surface area contributed by atoms with E-state index in [4.69, 9.17) is 5.11 Å². The second kappa shape index (κ2) is 6.58. The Labute approximate surface area is 120 Å². The van der Waals surface area contributed by atoms with Crippen molar-refractivity contribution in [3.63, 3.8) is 0 Å². The first-order chi connectivity index (χ1) is 9.60. The van der Waals surface area contributed by atoms with Crippen molar-refractivity contribution in [1.82, 2.24) is 5.32 Å². The first-order valence-corrected chi connectivity index (χ1v) is 7.11.